The molecule has 48 heavy (non-hydrogen) atoms. The van der Waals surface area contributed by atoms with Crippen LogP contribution in [0.1, 0.15) is 58.2 Å². The highest BCUT2D eigenvalue weighted by atomic mass is 16.5. The summed E-state index contributed by atoms with van der Waals surface area (Å²) in [5.41, 5.74) is 5.89. The zero-order valence-electron chi connectivity index (χ0n) is 26.7. The first-order valence-electron chi connectivity index (χ1n) is 16.6. The minimum atomic E-state index is -0.458. The van der Waals surface area contributed by atoms with Gasteiger partial charge >= 0.3 is 0 Å². The van der Waals surface area contributed by atoms with Gasteiger partial charge in [-0.05, 0) is 89.0 Å². The number of ether oxygens (including phenoxy) is 2. The predicted molar refractivity (Wildman–Crippen MR) is 184 cm³/mol. The van der Waals surface area contributed by atoms with E-state index in [1.165, 1.54) is 0 Å². The van der Waals surface area contributed by atoms with Crippen LogP contribution in [0, 0.1) is 0 Å². The van der Waals surface area contributed by atoms with Crippen LogP contribution in [0.25, 0.3) is 0 Å². The van der Waals surface area contributed by atoms with Crippen molar-refractivity contribution in [3.8, 4) is 23.0 Å². The van der Waals surface area contributed by atoms with Gasteiger partial charge in [0.15, 0.2) is 11.5 Å². The van der Waals surface area contributed by atoms with Gasteiger partial charge in [-0.25, -0.2) is 0 Å². The van der Waals surface area contributed by atoms with Crippen LogP contribution in [-0.4, -0.2) is 41.5 Å². The first-order valence-corrected chi connectivity index (χ1v) is 16.6. The predicted octanol–water partition coefficient (Wildman–Crippen LogP) is 7.32. The van der Waals surface area contributed by atoms with Gasteiger partial charge in [-0.1, -0.05) is 84.9 Å². The van der Waals surface area contributed by atoms with Crippen LogP contribution in [0.2, 0.25) is 0 Å². The molecule has 4 aliphatic heterocycles. The SMILES string of the molecule is O=C1CCc2ccc(O)c(c2)Oc2ccc3c(c2)CCN(C(=O)C(c2ccccc2)c2ccccc2)C3c2ccc(cc2)OCCCN1. The third-order valence-electron chi connectivity index (χ3n) is 9.14. The maximum absolute atomic E-state index is 14.8. The van der Waals surface area contributed by atoms with E-state index >= 15 is 0 Å². The van der Waals surface area contributed by atoms with Crippen molar-refractivity contribution in [3.63, 3.8) is 0 Å². The lowest BCUT2D eigenvalue weighted by atomic mass is 9.84. The third kappa shape index (κ3) is 6.76. The Kier molecular flexibility index (Phi) is 9.09. The van der Waals surface area contributed by atoms with Crippen LogP contribution < -0.4 is 14.8 Å². The van der Waals surface area contributed by atoms with Crippen molar-refractivity contribution in [1.29, 1.82) is 0 Å². The molecular weight excluding hydrogens is 600 g/mol. The lowest BCUT2D eigenvalue weighted by molar-refractivity contribution is -0.134. The van der Waals surface area contributed by atoms with Crippen LogP contribution in [0.15, 0.2) is 121 Å². The second-order valence-corrected chi connectivity index (χ2v) is 12.3. The fourth-order valence-electron chi connectivity index (χ4n) is 6.70. The molecule has 7 heteroatoms. The van der Waals surface area contributed by atoms with Crippen LogP contribution in [0.3, 0.4) is 0 Å². The number of benzene rings is 5. The standard InChI is InChI=1S/C41H38N2O5/c44-36-20-12-28-13-21-38(45)42-23-7-25-47-33-16-14-31(15-17-33)40-35-19-18-34(48-37(36)26-28)27-32(35)22-24-43(40)41(46)39(29-8-3-1-4-9-29)30-10-5-2-6-11-30/h1-6,8-12,14-20,26-27,39-40,44H,7,13,21-25H2,(H,42,45). The van der Waals surface area contributed by atoms with E-state index in [2.05, 4.69) is 5.32 Å². The third-order valence-corrected chi connectivity index (χ3v) is 9.14. The maximum Gasteiger partial charge on any atom is 0.235 e. The molecule has 0 saturated carbocycles. The first kappa shape index (κ1) is 31.1. The number of hydrogen-bond donors (Lipinski definition) is 2. The molecule has 0 spiro atoms. The fourth-order valence-corrected chi connectivity index (χ4v) is 6.70. The van der Waals surface area contributed by atoms with Crippen LogP contribution in [-0.2, 0) is 22.4 Å². The first-order chi connectivity index (χ1) is 23.5. The van der Waals surface area contributed by atoms with Crippen molar-refractivity contribution in [2.75, 3.05) is 19.7 Å². The summed E-state index contributed by atoms with van der Waals surface area (Å²) in [5.74, 6) is 1.24. The molecule has 0 radical (unpaired) electrons. The highest BCUT2D eigenvalue weighted by molar-refractivity contribution is 5.88. The average Bonchev–Trinajstić information content (AvgIpc) is 3.12. The highest BCUT2D eigenvalue weighted by Gasteiger charge is 2.37. The van der Waals surface area contributed by atoms with Gasteiger partial charge in [0.1, 0.15) is 11.5 Å². The van der Waals surface area contributed by atoms with E-state index in [1.54, 1.807) is 12.1 Å². The number of hydrogen-bond acceptors (Lipinski definition) is 5. The summed E-state index contributed by atoms with van der Waals surface area (Å²) >= 11 is 0. The Balaban J connectivity index is 1.28. The number of fused-ring (bicyclic) bond motifs is 1. The van der Waals surface area contributed by atoms with Crippen molar-refractivity contribution < 1.29 is 24.2 Å². The number of aryl methyl sites for hydroxylation is 1. The number of aromatic hydroxyl groups is 1. The van der Waals surface area contributed by atoms with Crippen molar-refractivity contribution in [1.82, 2.24) is 10.2 Å². The Bertz CT molecular complexity index is 1850. The molecule has 5 aromatic carbocycles. The molecule has 0 aliphatic carbocycles. The number of nitrogens with one attached hydrogen (secondary N) is 1. The quantitative estimate of drug-likeness (QED) is 0.216. The normalized spacial score (nSPS) is 16.4. The minimum Gasteiger partial charge on any atom is -0.504 e. The van der Waals surface area contributed by atoms with E-state index in [9.17, 15) is 14.7 Å². The molecule has 2 amide bonds. The summed E-state index contributed by atoms with van der Waals surface area (Å²) in [4.78, 5) is 29.3. The van der Waals surface area contributed by atoms with Crippen LogP contribution in [0.5, 0.6) is 23.0 Å². The molecule has 7 nitrogen and oxygen atoms in total. The molecular formula is C41H38N2O5. The number of carbonyl (C=O) groups excluding carboxylic acids is 2. The molecule has 0 fully saturated rings. The monoisotopic (exact) mass is 638 g/mol. The Morgan fingerprint density at radius 3 is 2.23 bits per heavy atom. The summed E-state index contributed by atoms with van der Waals surface area (Å²) in [6, 6.07) is 38.7. The van der Waals surface area contributed by atoms with Gasteiger partial charge in [0.25, 0.3) is 0 Å². The molecule has 5 aromatic rings. The molecule has 4 aliphatic rings. The fraction of sp³-hybridized carbons (Fsp3) is 0.220. The van der Waals surface area contributed by atoms with Gasteiger partial charge in [0, 0.05) is 19.5 Å². The number of amides is 2. The van der Waals surface area contributed by atoms with Gasteiger partial charge in [-0.2, -0.15) is 0 Å². The number of phenolic OH excluding ortho intramolecular Hbond substituents is 1. The van der Waals surface area contributed by atoms with Gasteiger partial charge in [0.05, 0.1) is 18.6 Å². The van der Waals surface area contributed by atoms with E-state index in [4.69, 9.17) is 9.47 Å². The average molecular weight is 639 g/mol. The second kappa shape index (κ2) is 14.1. The summed E-state index contributed by atoms with van der Waals surface area (Å²) in [6.45, 7) is 1.50. The lowest BCUT2D eigenvalue weighted by Gasteiger charge is -2.40. The van der Waals surface area contributed by atoms with Crippen molar-refractivity contribution in [3.05, 3.63) is 155 Å². The summed E-state index contributed by atoms with van der Waals surface area (Å²) in [7, 11) is 0. The largest absolute Gasteiger partial charge is 0.504 e. The molecule has 242 valence electrons. The molecule has 2 N–H and O–H groups in total. The van der Waals surface area contributed by atoms with Crippen LogP contribution in [0.4, 0.5) is 0 Å². The summed E-state index contributed by atoms with van der Waals surface area (Å²) in [5, 5.41) is 13.6. The van der Waals surface area contributed by atoms with E-state index in [1.807, 2.05) is 114 Å². The smallest absolute Gasteiger partial charge is 0.235 e. The number of rotatable bonds is 3. The van der Waals surface area contributed by atoms with Crippen molar-refractivity contribution in [2.45, 2.75) is 37.6 Å². The van der Waals surface area contributed by atoms with E-state index in [-0.39, 0.29) is 23.6 Å². The molecule has 8 bridgehead atoms. The van der Waals surface area contributed by atoms with Crippen molar-refractivity contribution in [2.24, 2.45) is 0 Å². The Morgan fingerprint density at radius 1 is 0.792 bits per heavy atom. The van der Waals surface area contributed by atoms with Gasteiger partial charge in [-0.15, -0.1) is 0 Å². The van der Waals surface area contributed by atoms with Crippen molar-refractivity contribution >= 4 is 11.8 Å². The van der Waals surface area contributed by atoms with E-state index < -0.39 is 5.92 Å². The number of carbonyl (C=O) groups is 2. The summed E-state index contributed by atoms with van der Waals surface area (Å²) < 4.78 is 12.3. The highest BCUT2D eigenvalue weighted by Crippen LogP contribution is 2.41. The van der Waals surface area contributed by atoms with Crippen LogP contribution >= 0.6 is 0 Å². The second-order valence-electron chi connectivity index (χ2n) is 12.3. The van der Waals surface area contributed by atoms with E-state index in [0.717, 1.165) is 39.1 Å². The Morgan fingerprint density at radius 2 is 1.50 bits per heavy atom. The van der Waals surface area contributed by atoms with Gasteiger partial charge in [0.2, 0.25) is 11.8 Å². The Hall–Kier alpha value is -5.56. The molecule has 4 heterocycles. The van der Waals surface area contributed by atoms with Gasteiger partial charge in [-0.3, -0.25) is 9.59 Å². The minimum absolute atomic E-state index is 0.0296. The summed E-state index contributed by atoms with van der Waals surface area (Å²) in [6.07, 6.45) is 2.17. The number of nitrogens with zero attached hydrogens (tertiary/aromatic N) is 1. The Labute approximate surface area is 280 Å². The number of phenols is 1. The zero-order valence-corrected chi connectivity index (χ0v) is 26.7. The molecule has 1 atom stereocenters. The molecule has 9 rings (SSSR count). The topological polar surface area (TPSA) is 88.1 Å². The molecule has 1 unspecified atom stereocenters. The zero-order chi connectivity index (χ0) is 32.9. The van der Waals surface area contributed by atoms with Gasteiger partial charge < -0.3 is 24.8 Å². The maximum atomic E-state index is 14.8. The molecule has 0 aromatic heterocycles. The van der Waals surface area contributed by atoms with E-state index in [0.29, 0.717) is 56.9 Å². The molecule has 0 saturated heterocycles. The lowest BCUT2D eigenvalue weighted by Crippen LogP contribution is -2.43.